The molecule has 0 spiro atoms. The first-order valence-corrected chi connectivity index (χ1v) is 7.97. The van der Waals surface area contributed by atoms with Crippen LogP contribution in [0.1, 0.15) is 59.3 Å². The Hall–Kier alpha value is -1.10. The van der Waals surface area contributed by atoms with Gasteiger partial charge in [-0.1, -0.05) is 33.6 Å². The number of ether oxygens (including phenoxy) is 1. The Morgan fingerprint density at radius 2 is 1.67 bits per heavy atom. The average molecular weight is 297 g/mol. The number of amides is 1. The van der Waals surface area contributed by atoms with E-state index in [1.54, 1.807) is 0 Å². The maximum Gasteiger partial charge on any atom is 0.332 e. The molecule has 0 aromatic carbocycles. The number of hydrogen-bond donors (Lipinski definition) is 2. The van der Waals surface area contributed by atoms with Gasteiger partial charge in [0.05, 0.1) is 0 Å². The van der Waals surface area contributed by atoms with E-state index in [-0.39, 0.29) is 17.4 Å². The molecular weight excluding hydrogens is 270 g/mol. The van der Waals surface area contributed by atoms with Gasteiger partial charge in [0.1, 0.15) is 6.10 Å². The van der Waals surface area contributed by atoms with Gasteiger partial charge in [0, 0.05) is 6.04 Å². The van der Waals surface area contributed by atoms with E-state index in [0.29, 0.717) is 18.8 Å². The largest absolute Gasteiger partial charge is 0.479 e. The van der Waals surface area contributed by atoms with Crippen LogP contribution < -0.4 is 5.32 Å². The SMILES string of the molecule is CC(C)(C)C1CCCCC1NC(=O)C1CCC(C(=O)O)O1. The number of carbonyl (C=O) groups excluding carboxylic acids is 1. The first-order valence-electron chi connectivity index (χ1n) is 7.97. The molecule has 1 amide bonds. The van der Waals surface area contributed by atoms with Crippen LogP contribution in [0.15, 0.2) is 0 Å². The molecule has 1 saturated carbocycles. The van der Waals surface area contributed by atoms with Gasteiger partial charge in [0.15, 0.2) is 6.10 Å². The molecule has 2 fully saturated rings. The standard InChI is InChI=1S/C16H27NO4/c1-16(2,3)10-6-4-5-7-11(10)17-14(18)12-8-9-13(21-12)15(19)20/h10-13H,4-9H2,1-3H3,(H,17,18)(H,19,20). The van der Waals surface area contributed by atoms with Crippen molar-refractivity contribution >= 4 is 11.9 Å². The Labute approximate surface area is 126 Å². The van der Waals surface area contributed by atoms with Gasteiger partial charge in [-0.2, -0.15) is 0 Å². The van der Waals surface area contributed by atoms with Crippen LogP contribution in [0.25, 0.3) is 0 Å². The highest BCUT2D eigenvalue weighted by atomic mass is 16.5. The number of nitrogens with one attached hydrogen (secondary N) is 1. The summed E-state index contributed by atoms with van der Waals surface area (Å²) in [5.74, 6) is -0.651. The van der Waals surface area contributed by atoms with Crippen molar-refractivity contribution in [2.24, 2.45) is 11.3 Å². The zero-order chi connectivity index (χ0) is 15.6. The minimum Gasteiger partial charge on any atom is -0.479 e. The van der Waals surface area contributed by atoms with Crippen molar-refractivity contribution in [3.05, 3.63) is 0 Å². The van der Waals surface area contributed by atoms with Gasteiger partial charge in [-0.25, -0.2) is 4.79 Å². The maximum absolute atomic E-state index is 12.3. The van der Waals surface area contributed by atoms with Gasteiger partial charge in [-0.05, 0) is 37.0 Å². The van der Waals surface area contributed by atoms with Crippen LogP contribution in [0.2, 0.25) is 0 Å². The molecule has 4 atom stereocenters. The van der Waals surface area contributed by atoms with E-state index in [9.17, 15) is 9.59 Å². The predicted molar refractivity (Wildman–Crippen MR) is 78.9 cm³/mol. The van der Waals surface area contributed by atoms with Crippen LogP contribution in [0.4, 0.5) is 0 Å². The van der Waals surface area contributed by atoms with Crippen LogP contribution in [0, 0.1) is 11.3 Å². The molecule has 1 saturated heterocycles. The Morgan fingerprint density at radius 3 is 2.24 bits per heavy atom. The summed E-state index contributed by atoms with van der Waals surface area (Å²) < 4.78 is 5.34. The third kappa shape index (κ3) is 3.96. The Kier molecular flexibility index (Phi) is 4.91. The molecule has 1 aliphatic heterocycles. The zero-order valence-corrected chi connectivity index (χ0v) is 13.2. The Morgan fingerprint density at radius 1 is 1.05 bits per heavy atom. The Balaban J connectivity index is 1.93. The van der Waals surface area contributed by atoms with Crippen molar-refractivity contribution in [1.82, 2.24) is 5.32 Å². The summed E-state index contributed by atoms with van der Waals surface area (Å²) in [4.78, 5) is 23.2. The van der Waals surface area contributed by atoms with Gasteiger partial charge in [-0.3, -0.25) is 4.79 Å². The van der Waals surface area contributed by atoms with Gasteiger partial charge >= 0.3 is 5.97 Å². The normalized spacial score (nSPS) is 33.7. The fourth-order valence-electron chi connectivity index (χ4n) is 3.63. The second kappa shape index (κ2) is 6.34. The minimum atomic E-state index is -0.976. The van der Waals surface area contributed by atoms with Gasteiger partial charge in [0.25, 0.3) is 0 Å². The van der Waals surface area contributed by atoms with Gasteiger partial charge < -0.3 is 15.2 Å². The van der Waals surface area contributed by atoms with E-state index in [4.69, 9.17) is 9.84 Å². The van der Waals surface area contributed by atoms with Crippen molar-refractivity contribution in [1.29, 1.82) is 0 Å². The quantitative estimate of drug-likeness (QED) is 0.838. The fourth-order valence-corrected chi connectivity index (χ4v) is 3.63. The number of carboxylic acids is 1. The third-order valence-corrected chi connectivity index (χ3v) is 4.79. The topological polar surface area (TPSA) is 75.6 Å². The fraction of sp³-hybridized carbons (Fsp3) is 0.875. The summed E-state index contributed by atoms with van der Waals surface area (Å²) in [5.41, 5.74) is 0.165. The number of hydrogen-bond acceptors (Lipinski definition) is 3. The van der Waals surface area contributed by atoms with Crippen molar-refractivity contribution in [2.75, 3.05) is 0 Å². The highest BCUT2D eigenvalue weighted by Crippen LogP contribution is 2.38. The molecule has 0 bridgehead atoms. The first kappa shape index (κ1) is 16.3. The summed E-state index contributed by atoms with van der Waals surface area (Å²) in [5, 5.41) is 12.0. The maximum atomic E-state index is 12.3. The molecule has 0 aromatic rings. The zero-order valence-electron chi connectivity index (χ0n) is 13.2. The molecule has 1 aliphatic carbocycles. The van der Waals surface area contributed by atoms with E-state index in [2.05, 4.69) is 26.1 Å². The van der Waals surface area contributed by atoms with Crippen LogP contribution in [0.3, 0.4) is 0 Å². The second-order valence-corrected chi connectivity index (χ2v) is 7.40. The summed E-state index contributed by atoms with van der Waals surface area (Å²) in [7, 11) is 0. The molecule has 4 unspecified atom stereocenters. The summed E-state index contributed by atoms with van der Waals surface area (Å²) in [6, 6.07) is 0.179. The van der Waals surface area contributed by atoms with Gasteiger partial charge in [-0.15, -0.1) is 0 Å². The van der Waals surface area contributed by atoms with Crippen LogP contribution in [0.5, 0.6) is 0 Å². The average Bonchev–Trinajstić information content (AvgIpc) is 2.88. The second-order valence-electron chi connectivity index (χ2n) is 7.40. The molecule has 5 heteroatoms. The lowest BCUT2D eigenvalue weighted by molar-refractivity contribution is -0.152. The van der Waals surface area contributed by atoms with Crippen LogP contribution >= 0.6 is 0 Å². The molecule has 5 nitrogen and oxygen atoms in total. The smallest absolute Gasteiger partial charge is 0.332 e. The molecule has 21 heavy (non-hydrogen) atoms. The molecule has 0 aromatic heterocycles. The van der Waals surface area contributed by atoms with E-state index in [1.807, 2.05) is 0 Å². The molecule has 0 radical (unpaired) electrons. The third-order valence-electron chi connectivity index (χ3n) is 4.79. The lowest BCUT2D eigenvalue weighted by Crippen LogP contribution is -2.49. The lowest BCUT2D eigenvalue weighted by atomic mass is 9.69. The predicted octanol–water partition coefficient (Wildman–Crippen LogP) is 2.34. The summed E-state index contributed by atoms with van der Waals surface area (Å²) in [6.45, 7) is 6.65. The highest BCUT2D eigenvalue weighted by Gasteiger charge is 2.39. The van der Waals surface area contributed by atoms with E-state index in [0.717, 1.165) is 19.3 Å². The first-order chi connectivity index (χ1) is 9.79. The van der Waals surface area contributed by atoms with E-state index >= 15 is 0 Å². The minimum absolute atomic E-state index is 0.139. The van der Waals surface area contributed by atoms with Crippen molar-refractivity contribution < 1.29 is 19.4 Å². The molecule has 120 valence electrons. The van der Waals surface area contributed by atoms with Gasteiger partial charge in [0.2, 0.25) is 5.91 Å². The number of carbonyl (C=O) groups is 2. The van der Waals surface area contributed by atoms with Crippen molar-refractivity contribution in [3.8, 4) is 0 Å². The number of rotatable bonds is 3. The van der Waals surface area contributed by atoms with E-state index < -0.39 is 18.2 Å². The Bertz CT molecular complexity index is 402. The molecule has 2 rings (SSSR count). The summed E-state index contributed by atoms with van der Waals surface area (Å²) in [6.07, 6.45) is 3.98. The molecule has 1 heterocycles. The van der Waals surface area contributed by atoms with Crippen LogP contribution in [-0.2, 0) is 14.3 Å². The van der Waals surface area contributed by atoms with Crippen molar-refractivity contribution in [2.45, 2.75) is 77.5 Å². The van der Waals surface area contributed by atoms with Crippen LogP contribution in [-0.4, -0.2) is 35.2 Å². The lowest BCUT2D eigenvalue weighted by Gasteiger charge is -2.41. The highest BCUT2D eigenvalue weighted by molar-refractivity contribution is 5.82. The summed E-state index contributed by atoms with van der Waals surface area (Å²) >= 11 is 0. The molecule has 2 aliphatic rings. The molecule has 2 N–H and O–H groups in total. The monoisotopic (exact) mass is 297 g/mol. The number of aliphatic carboxylic acids is 1. The van der Waals surface area contributed by atoms with Crippen molar-refractivity contribution in [3.63, 3.8) is 0 Å². The number of carboxylic acid groups (broad SMARTS) is 1. The van der Waals surface area contributed by atoms with E-state index in [1.165, 1.54) is 6.42 Å². The molecular formula is C16H27NO4.